The van der Waals surface area contributed by atoms with Gasteiger partial charge in [-0.2, -0.15) is 4.39 Å². The van der Waals surface area contributed by atoms with Crippen molar-refractivity contribution in [3.05, 3.63) is 41.5 Å². The maximum absolute atomic E-state index is 13.3. The third kappa shape index (κ3) is 4.76. The van der Waals surface area contributed by atoms with Gasteiger partial charge >= 0.3 is 5.97 Å². The van der Waals surface area contributed by atoms with E-state index in [4.69, 9.17) is 0 Å². The zero-order valence-corrected chi connectivity index (χ0v) is 9.58. The van der Waals surface area contributed by atoms with Gasteiger partial charge in [-0.1, -0.05) is 25.5 Å². The molecule has 92 valence electrons. The predicted octanol–water partition coefficient (Wildman–Crippen LogP) is 3.48. The van der Waals surface area contributed by atoms with Gasteiger partial charge in [-0.25, -0.2) is 9.18 Å². The minimum atomic E-state index is -0.984. The summed E-state index contributed by atoms with van der Waals surface area (Å²) in [7, 11) is 0. The zero-order chi connectivity index (χ0) is 12.7. The fourth-order valence-corrected chi connectivity index (χ4v) is 1.14. The summed E-state index contributed by atoms with van der Waals surface area (Å²) in [6, 6.07) is 5.16. The molecule has 1 aromatic carbocycles. The van der Waals surface area contributed by atoms with Gasteiger partial charge < -0.3 is 4.74 Å². The summed E-state index contributed by atoms with van der Waals surface area (Å²) in [5.41, 5.74) is 0.413. The Morgan fingerprint density at radius 2 is 2.00 bits per heavy atom. The van der Waals surface area contributed by atoms with Crippen LogP contribution in [0.4, 0.5) is 8.78 Å². The van der Waals surface area contributed by atoms with Gasteiger partial charge in [0.15, 0.2) is 0 Å². The first-order chi connectivity index (χ1) is 8.13. The van der Waals surface area contributed by atoms with Crippen LogP contribution in [0.3, 0.4) is 0 Å². The van der Waals surface area contributed by atoms with E-state index < -0.39 is 17.6 Å². The number of hydrogen-bond donors (Lipinski definition) is 0. The average Bonchev–Trinajstić information content (AvgIpc) is 2.32. The third-order valence-electron chi connectivity index (χ3n) is 2.09. The Bertz CT molecular complexity index is 396. The number of carbonyl (C=O) groups excluding carboxylic acids is 1. The molecule has 0 aliphatic carbocycles. The number of unbranched alkanes of at least 4 members (excludes halogenated alkanes) is 1. The van der Waals surface area contributed by atoms with Gasteiger partial charge in [0.2, 0.25) is 5.83 Å². The third-order valence-corrected chi connectivity index (χ3v) is 2.09. The molecule has 0 spiro atoms. The smallest absolute Gasteiger partial charge is 0.367 e. The maximum Gasteiger partial charge on any atom is 0.367 e. The lowest BCUT2D eigenvalue weighted by Gasteiger charge is -2.01. The monoisotopic (exact) mass is 240 g/mol. The summed E-state index contributed by atoms with van der Waals surface area (Å²) in [6.45, 7) is 2.15. The summed E-state index contributed by atoms with van der Waals surface area (Å²) in [4.78, 5) is 11.1. The molecule has 0 aliphatic rings. The molecule has 0 fully saturated rings. The van der Waals surface area contributed by atoms with Gasteiger partial charge in [-0.15, -0.1) is 0 Å². The van der Waals surface area contributed by atoms with Gasteiger partial charge in [0.25, 0.3) is 0 Å². The fourth-order valence-electron chi connectivity index (χ4n) is 1.14. The molecule has 0 saturated carbocycles. The second-order valence-corrected chi connectivity index (χ2v) is 3.53. The molecule has 0 radical (unpaired) electrons. The highest BCUT2D eigenvalue weighted by Gasteiger charge is 2.09. The molecule has 0 heterocycles. The fraction of sp³-hybridized carbons (Fsp3) is 0.308. The van der Waals surface area contributed by atoms with E-state index in [1.165, 1.54) is 24.3 Å². The molecule has 0 bridgehead atoms. The van der Waals surface area contributed by atoms with E-state index in [1.54, 1.807) is 0 Å². The second kappa shape index (κ2) is 6.78. The van der Waals surface area contributed by atoms with E-state index in [2.05, 4.69) is 4.74 Å². The van der Waals surface area contributed by atoms with Crippen LogP contribution in [0.25, 0.3) is 6.08 Å². The number of halogens is 2. The standard InChI is InChI=1S/C13H14F2O2/c1-2-3-8-17-13(16)12(15)9-10-4-6-11(14)7-5-10/h4-7,9H,2-3,8H2,1H3/b12-9-. The van der Waals surface area contributed by atoms with Gasteiger partial charge in [-0.05, 0) is 30.2 Å². The van der Waals surface area contributed by atoms with Crippen LogP contribution in [0.5, 0.6) is 0 Å². The molecule has 0 aromatic heterocycles. The van der Waals surface area contributed by atoms with Crippen LogP contribution in [-0.2, 0) is 9.53 Å². The van der Waals surface area contributed by atoms with Crippen molar-refractivity contribution in [3.63, 3.8) is 0 Å². The summed E-state index contributed by atoms with van der Waals surface area (Å²) in [5.74, 6) is -2.37. The number of hydrogen-bond acceptors (Lipinski definition) is 2. The number of esters is 1. The first-order valence-electron chi connectivity index (χ1n) is 5.43. The van der Waals surface area contributed by atoms with Crippen LogP contribution in [-0.4, -0.2) is 12.6 Å². The van der Waals surface area contributed by atoms with Crippen molar-refractivity contribution in [2.45, 2.75) is 19.8 Å². The summed E-state index contributed by atoms with van der Waals surface area (Å²) < 4.78 is 30.6. The van der Waals surface area contributed by atoms with Gasteiger partial charge in [0.1, 0.15) is 5.82 Å². The first kappa shape index (κ1) is 13.4. The Morgan fingerprint density at radius 1 is 1.35 bits per heavy atom. The molecule has 1 aromatic rings. The quantitative estimate of drug-likeness (QED) is 0.447. The van der Waals surface area contributed by atoms with Crippen molar-refractivity contribution in [2.75, 3.05) is 6.61 Å². The normalized spacial score (nSPS) is 11.4. The van der Waals surface area contributed by atoms with Crippen LogP contribution in [0, 0.1) is 5.82 Å². The van der Waals surface area contributed by atoms with Crippen molar-refractivity contribution in [1.29, 1.82) is 0 Å². The largest absolute Gasteiger partial charge is 0.460 e. The Hall–Kier alpha value is -1.71. The van der Waals surface area contributed by atoms with Crippen molar-refractivity contribution in [3.8, 4) is 0 Å². The van der Waals surface area contributed by atoms with E-state index in [-0.39, 0.29) is 6.61 Å². The Balaban J connectivity index is 2.59. The molecule has 1 rings (SSSR count). The number of benzene rings is 1. The Kier molecular flexibility index (Phi) is 5.33. The highest BCUT2D eigenvalue weighted by molar-refractivity contribution is 5.91. The Labute approximate surface area is 98.9 Å². The van der Waals surface area contributed by atoms with Crippen LogP contribution >= 0.6 is 0 Å². The molecule has 0 amide bonds. The topological polar surface area (TPSA) is 26.3 Å². The van der Waals surface area contributed by atoms with E-state index >= 15 is 0 Å². The van der Waals surface area contributed by atoms with Crippen LogP contribution in [0.2, 0.25) is 0 Å². The van der Waals surface area contributed by atoms with E-state index in [9.17, 15) is 13.6 Å². The molecule has 2 nitrogen and oxygen atoms in total. The predicted molar refractivity (Wildman–Crippen MR) is 61.4 cm³/mol. The average molecular weight is 240 g/mol. The maximum atomic E-state index is 13.3. The number of ether oxygens (including phenoxy) is 1. The molecule has 4 heteroatoms. The number of carbonyl (C=O) groups is 1. The molecular formula is C13H14F2O2. The summed E-state index contributed by atoms with van der Waals surface area (Å²) in [6.07, 6.45) is 2.60. The summed E-state index contributed by atoms with van der Waals surface area (Å²) in [5, 5.41) is 0. The van der Waals surface area contributed by atoms with Crippen LogP contribution < -0.4 is 0 Å². The molecule has 0 N–H and O–H groups in total. The van der Waals surface area contributed by atoms with Gasteiger partial charge in [0, 0.05) is 0 Å². The molecule has 0 unspecified atom stereocenters. The Morgan fingerprint density at radius 3 is 2.59 bits per heavy atom. The molecular weight excluding hydrogens is 226 g/mol. The molecule has 0 aliphatic heterocycles. The SMILES string of the molecule is CCCCOC(=O)/C(F)=C/c1ccc(F)cc1. The van der Waals surface area contributed by atoms with E-state index in [1.807, 2.05) is 6.92 Å². The minimum absolute atomic E-state index is 0.208. The molecule has 0 atom stereocenters. The molecule has 17 heavy (non-hydrogen) atoms. The molecule has 0 saturated heterocycles. The number of rotatable bonds is 5. The second-order valence-electron chi connectivity index (χ2n) is 3.53. The first-order valence-corrected chi connectivity index (χ1v) is 5.43. The highest BCUT2D eigenvalue weighted by atomic mass is 19.1. The van der Waals surface area contributed by atoms with Gasteiger partial charge in [0.05, 0.1) is 6.61 Å². The van der Waals surface area contributed by atoms with E-state index in [0.717, 1.165) is 12.5 Å². The van der Waals surface area contributed by atoms with Crippen molar-refractivity contribution in [1.82, 2.24) is 0 Å². The summed E-state index contributed by atoms with van der Waals surface area (Å²) >= 11 is 0. The lowest BCUT2D eigenvalue weighted by atomic mass is 10.2. The van der Waals surface area contributed by atoms with Crippen LogP contribution in [0.1, 0.15) is 25.3 Å². The van der Waals surface area contributed by atoms with Gasteiger partial charge in [-0.3, -0.25) is 0 Å². The minimum Gasteiger partial charge on any atom is -0.460 e. The lowest BCUT2D eigenvalue weighted by Crippen LogP contribution is -2.05. The highest BCUT2D eigenvalue weighted by Crippen LogP contribution is 2.10. The lowest BCUT2D eigenvalue weighted by molar-refractivity contribution is -0.140. The van der Waals surface area contributed by atoms with Crippen molar-refractivity contribution >= 4 is 12.0 Å². The van der Waals surface area contributed by atoms with Crippen LogP contribution in [0.15, 0.2) is 30.1 Å². The van der Waals surface area contributed by atoms with Crippen molar-refractivity contribution in [2.24, 2.45) is 0 Å². The van der Waals surface area contributed by atoms with Crippen molar-refractivity contribution < 1.29 is 18.3 Å². The van der Waals surface area contributed by atoms with E-state index in [0.29, 0.717) is 12.0 Å². The zero-order valence-electron chi connectivity index (χ0n) is 9.58.